The van der Waals surface area contributed by atoms with Gasteiger partial charge in [-0.05, 0) is 30.5 Å². The van der Waals surface area contributed by atoms with E-state index in [0.29, 0.717) is 16.5 Å². The molecule has 1 N–H and O–H groups in total. The molecule has 0 aliphatic heterocycles. The highest BCUT2D eigenvalue weighted by Gasteiger charge is 2.15. The van der Waals surface area contributed by atoms with Crippen molar-refractivity contribution in [2.24, 2.45) is 5.10 Å². The second-order valence-corrected chi connectivity index (χ2v) is 6.89. The molecule has 1 atom stereocenters. The zero-order valence-corrected chi connectivity index (χ0v) is 16.4. The fourth-order valence-electron chi connectivity index (χ4n) is 3.00. The van der Waals surface area contributed by atoms with E-state index in [0.717, 1.165) is 21.7 Å². The molecule has 0 radical (unpaired) electrons. The summed E-state index contributed by atoms with van der Waals surface area (Å²) < 4.78 is 5.85. The van der Waals surface area contributed by atoms with Gasteiger partial charge >= 0.3 is 0 Å². The molecule has 3 aromatic carbocycles. The summed E-state index contributed by atoms with van der Waals surface area (Å²) in [5.41, 5.74) is 3.91. The van der Waals surface area contributed by atoms with Crippen molar-refractivity contribution in [2.75, 3.05) is 0 Å². The molecule has 0 aliphatic rings. The Hall–Kier alpha value is -3.44. The lowest BCUT2D eigenvalue weighted by Gasteiger charge is -2.14. The number of carbonyl (C=O) groups is 1. The van der Waals surface area contributed by atoms with Crippen LogP contribution in [0.5, 0.6) is 5.75 Å². The molecule has 0 spiro atoms. The van der Waals surface area contributed by atoms with E-state index in [1.165, 1.54) is 6.21 Å². The van der Waals surface area contributed by atoms with Gasteiger partial charge in [-0.1, -0.05) is 66.2 Å². The number of aromatic nitrogens is 1. The third-order valence-corrected chi connectivity index (χ3v) is 4.81. The highest BCUT2D eigenvalue weighted by Crippen LogP contribution is 2.26. The fraction of sp³-hybridized carbons (Fsp3) is 0.0870. The maximum atomic E-state index is 12.4. The van der Waals surface area contributed by atoms with Crippen LogP contribution in [0.15, 0.2) is 77.9 Å². The summed E-state index contributed by atoms with van der Waals surface area (Å²) in [6.07, 6.45) is 0.757. The highest BCUT2D eigenvalue weighted by atomic mass is 35.5. The average Bonchev–Trinajstić information content (AvgIpc) is 2.74. The molecule has 144 valence electrons. The van der Waals surface area contributed by atoms with Crippen LogP contribution in [0.1, 0.15) is 12.5 Å². The number of rotatable bonds is 5. The number of fused-ring (bicyclic) bond motifs is 2. The van der Waals surface area contributed by atoms with Crippen molar-refractivity contribution in [1.29, 1.82) is 0 Å². The van der Waals surface area contributed by atoms with Crippen molar-refractivity contribution in [3.8, 4) is 5.75 Å². The van der Waals surface area contributed by atoms with Crippen molar-refractivity contribution in [2.45, 2.75) is 13.0 Å². The van der Waals surface area contributed by atoms with Gasteiger partial charge in [0.25, 0.3) is 5.91 Å². The van der Waals surface area contributed by atoms with E-state index in [2.05, 4.69) is 15.5 Å². The molecule has 6 heteroatoms. The predicted molar refractivity (Wildman–Crippen MR) is 117 cm³/mol. The van der Waals surface area contributed by atoms with E-state index in [1.54, 1.807) is 6.92 Å². The smallest absolute Gasteiger partial charge is 0.280 e. The first-order chi connectivity index (χ1) is 14.1. The molecule has 4 rings (SSSR count). The van der Waals surface area contributed by atoms with E-state index < -0.39 is 6.10 Å². The molecule has 1 heterocycles. The first kappa shape index (κ1) is 18.9. The lowest BCUT2D eigenvalue weighted by atomic mass is 10.1. The minimum absolute atomic E-state index is 0.321. The van der Waals surface area contributed by atoms with Gasteiger partial charge in [0.15, 0.2) is 6.10 Å². The van der Waals surface area contributed by atoms with Gasteiger partial charge < -0.3 is 4.74 Å². The van der Waals surface area contributed by atoms with Crippen LogP contribution in [0.4, 0.5) is 0 Å². The van der Waals surface area contributed by atoms with Gasteiger partial charge in [-0.3, -0.25) is 4.79 Å². The zero-order chi connectivity index (χ0) is 20.2. The molecule has 1 unspecified atom stereocenters. The Kier molecular flexibility index (Phi) is 5.40. The predicted octanol–water partition coefficient (Wildman–Crippen LogP) is 4.96. The number of hydrogen-bond donors (Lipinski definition) is 1. The molecule has 0 aliphatic carbocycles. The number of pyridine rings is 1. The van der Waals surface area contributed by atoms with Crippen molar-refractivity contribution in [3.63, 3.8) is 0 Å². The van der Waals surface area contributed by atoms with Crippen LogP contribution in [0.2, 0.25) is 5.15 Å². The number of hydrazone groups is 1. The maximum Gasteiger partial charge on any atom is 0.280 e. The van der Waals surface area contributed by atoms with Crippen LogP contribution in [0.3, 0.4) is 0 Å². The molecular weight excluding hydrogens is 386 g/mol. The molecular formula is C23H18ClN3O2. The Morgan fingerprint density at radius 1 is 1.07 bits per heavy atom. The molecule has 5 nitrogen and oxygen atoms in total. The normalized spacial score (nSPS) is 12.3. The van der Waals surface area contributed by atoms with Gasteiger partial charge in [-0.15, -0.1) is 0 Å². The molecule has 1 aromatic heterocycles. The summed E-state index contributed by atoms with van der Waals surface area (Å²) in [5, 5.41) is 7.27. The van der Waals surface area contributed by atoms with Gasteiger partial charge in [-0.2, -0.15) is 5.10 Å². The molecule has 29 heavy (non-hydrogen) atoms. The monoisotopic (exact) mass is 403 g/mol. The molecule has 0 fully saturated rings. The highest BCUT2D eigenvalue weighted by molar-refractivity contribution is 6.32. The number of ether oxygens (including phenoxy) is 1. The van der Waals surface area contributed by atoms with Crippen LogP contribution >= 0.6 is 11.6 Å². The van der Waals surface area contributed by atoms with Crippen molar-refractivity contribution >= 4 is 45.4 Å². The standard InChI is InChI=1S/C23H18ClN3O2/c1-15(29-21-12-6-9-16-7-2-4-10-19(16)21)23(28)27-25-14-18-13-17-8-3-5-11-20(17)26-22(18)24/h2-15H,1H3,(H,27,28). The number of nitrogens with one attached hydrogen (secondary N) is 1. The summed E-state index contributed by atoms with van der Waals surface area (Å²) in [6.45, 7) is 1.68. The Balaban J connectivity index is 1.44. The SMILES string of the molecule is CC(Oc1cccc2ccccc12)C(=O)NN=Cc1cc2ccccc2nc1Cl. The summed E-state index contributed by atoms with van der Waals surface area (Å²) in [7, 11) is 0. The van der Waals surface area contributed by atoms with Crippen LogP contribution in [0, 0.1) is 0 Å². The average molecular weight is 404 g/mol. The van der Waals surface area contributed by atoms with Crippen LogP contribution in [-0.4, -0.2) is 23.2 Å². The van der Waals surface area contributed by atoms with Crippen LogP contribution in [-0.2, 0) is 4.79 Å². The lowest BCUT2D eigenvalue weighted by Crippen LogP contribution is -2.33. The summed E-state index contributed by atoms with van der Waals surface area (Å²) in [6, 6.07) is 23.1. The molecule has 0 saturated carbocycles. The zero-order valence-electron chi connectivity index (χ0n) is 15.7. The summed E-state index contributed by atoms with van der Waals surface area (Å²) >= 11 is 6.20. The summed E-state index contributed by atoms with van der Waals surface area (Å²) in [5.74, 6) is 0.288. The number of para-hydroxylation sites is 1. The molecule has 1 amide bonds. The maximum absolute atomic E-state index is 12.4. The van der Waals surface area contributed by atoms with Crippen molar-refractivity contribution < 1.29 is 9.53 Å². The minimum atomic E-state index is -0.719. The molecule has 0 bridgehead atoms. The Morgan fingerprint density at radius 3 is 2.66 bits per heavy atom. The number of carbonyl (C=O) groups excluding carboxylic acids is 1. The second-order valence-electron chi connectivity index (χ2n) is 6.53. The first-order valence-corrected chi connectivity index (χ1v) is 9.52. The Bertz CT molecular complexity index is 1220. The minimum Gasteiger partial charge on any atom is -0.480 e. The first-order valence-electron chi connectivity index (χ1n) is 9.14. The van der Waals surface area contributed by atoms with Crippen molar-refractivity contribution in [3.05, 3.63) is 83.5 Å². The van der Waals surface area contributed by atoms with Crippen molar-refractivity contribution in [1.82, 2.24) is 10.4 Å². The topological polar surface area (TPSA) is 63.6 Å². The fourth-order valence-corrected chi connectivity index (χ4v) is 3.19. The van der Waals surface area contributed by atoms with Crippen LogP contribution in [0.25, 0.3) is 21.7 Å². The lowest BCUT2D eigenvalue weighted by molar-refractivity contribution is -0.127. The van der Waals surface area contributed by atoms with Gasteiger partial charge in [0.2, 0.25) is 0 Å². The van der Waals surface area contributed by atoms with E-state index in [1.807, 2.05) is 72.8 Å². The molecule has 4 aromatic rings. The van der Waals surface area contributed by atoms with Gasteiger partial charge in [-0.25, -0.2) is 10.4 Å². The Labute approximate surface area is 173 Å². The number of benzene rings is 3. The third kappa shape index (κ3) is 4.20. The van der Waals surface area contributed by atoms with Gasteiger partial charge in [0.05, 0.1) is 11.7 Å². The molecule has 0 saturated heterocycles. The number of hydrogen-bond acceptors (Lipinski definition) is 4. The van der Waals surface area contributed by atoms with E-state index >= 15 is 0 Å². The number of nitrogens with zero attached hydrogens (tertiary/aromatic N) is 2. The third-order valence-electron chi connectivity index (χ3n) is 4.51. The number of amides is 1. The Morgan fingerprint density at radius 2 is 1.79 bits per heavy atom. The van der Waals surface area contributed by atoms with Gasteiger partial charge in [0, 0.05) is 16.3 Å². The number of halogens is 1. The van der Waals surface area contributed by atoms with Crippen LogP contribution < -0.4 is 10.2 Å². The quantitative estimate of drug-likeness (QED) is 0.291. The second kappa shape index (κ2) is 8.29. The largest absolute Gasteiger partial charge is 0.480 e. The summed E-state index contributed by atoms with van der Waals surface area (Å²) in [4.78, 5) is 16.7. The van der Waals surface area contributed by atoms with E-state index in [-0.39, 0.29) is 5.91 Å². The van der Waals surface area contributed by atoms with E-state index in [4.69, 9.17) is 16.3 Å². The van der Waals surface area contributed by atoms with Gasteiger partial charge in [0.1, 0.15) is 10.9 Å². The van der Waals surface area contributed by atoms with E-state index in [9.17, 15) is 4.79 Å².